The van der Waals surface area contributed by atoms with E-state index in [9.17, 15) is 0 Å². The Morgan fingerprint density at radius 2 is 1.79 bits per heavy atom. The minimum Gasteiger partial charge on any atom is -0.314 e. The van der Waals surface area contributed by atoms with Gasteiger partial charge in [-0.2, -0.15) is 0 Å². The van der Waals surface area contributed by atoms with E-state index in [1.807, 2.05) is 0 Å². The molecule has 0 spiro atoms. The Morgan fingerprint density at radius 3 is 2.57 bits per heavy atom. The molecule has 5 atom stereocenters. The molecule has 3 rings (SSSR count). The molecule has 0 amide bonds. The van der Waals surface area contributed by atoms with Crippen LogP contribution in [0.4, 0.5) is 0 Å². The molecule has 1 N–H and O–H groups in total. The van der Waals surface area contributed by atoms with Crippen LogP contribution in [0.2, 0.25) is 0 Å². The molecule has 0 saturated heterocycles. The summed E-state index contributed by atoms with van der Waals surface area (Å²) in [6.45, 7) is 3.52. The maximum Gasteiger partial charge on any atom is 0.0101 e. The molecule has 80 valence electrons. The molecule has 0 aromatic carbocycles. The fraction of sp³-hybridized carbons (Fsp3) is 1.00. The molecule has 0 aromatic heterocycles. The number of rotatable bonds is 3. The van der Waals surface area contributed by atoms with Crippen LogP contribution in [0.25, 0.3) is 0 Å². The summed E-state index contributed by atoms with van der Waals surface area (Å²) in [5, 5.41) is 3.80. The first-order chi connectivity index (χ1) is 6.86. The zero-order valence-corrected chi connectivity index (χ0v) is 9.34. The number of hydrogen-bond donors (Lipinski definition) is 1. The Balaban J connectivity index is 1.70. The molecule has 0 aliphatic heterocycles. The maximum absolute atomic E-state index is 3.80. The van der Waals surface area contributed by atoms with Gasteiger partial charge in [0.25, 0.3) is 0 Å². The highest BCUT2D eigenvalue weighted by atomic mass is 14.9. The Kier molecular flexibility index (Phi) is 2.31. The van der Waals surface area contributed by atoms with Crippen LogP contribution >= 0.6 is 0 Å². The van der Waals surface area contributed by atoms with Gasteiger partial charge in [0.15, 0.2) is 0 Å². The van der Waals surface area contributed by atoms with Gasteiger partial charge < -0.3 is 5.32 Å². The molecule has 1 nitrogen and oxygen atoms in total. The minimum absolute atomic E-state index is 0.895. The Hall–Kier alpha value is -0.0400. The van der Waals surface area contributed by atoms with Gasteiger partial charge in [0, 0.05) is 6.04 Å². The van der Waals surface area contributed by atoms with E-state index in [-0.39, 0.29) is 0 Å². The Morgan fingerprint density at radius 1 is 1.00 bits per heavy atom. The Bertz CT molecular complexity index is 211. The average molecular weight is 193 g/mol. The second kappa shape index (κ2) is 3.52. The molecule has 1 heteroatoms. The minimum atomic E-state index is 0.895. The van der Waals surface area contributed by atoms with E-state index in [2.05, 4.69) is 12.2 Å². The third kappa shape index (κ3) is 1.41. The van der Waals surface area contributed by atoms with Crippen molar-refractivity contribution < 1.29 is 0 Å². The highest BCUT2D eigenvalue weighted by Crippen LogP contribution is 2.54. The fourth-order valence-corrected chi connectivity index (χ4v) is 4.52. The molecule has 3 fully saturated rings. The van der Waals surface area contributed by atoms with Crippen LogP contribution < -0.4 is 5.32 Å². The van der Waals surface area contributed by atoms with Crippen LogP contribution in [0.3, 0.4) is 0 Å². The van der Waals surface area contributed by atoms with E-state index >= 15 is 0 Å². The van der Waals surface area contributed by atoms with Crippen LogP contribution in [0.15, 0.2) is 0 Å². The normalized spacial score (nSPS) is 49.9. The van der Waals surface area contributed by atoms with E-state index in [0.717, 1.165) is 29.7 Å². The van der Waals surface area contributed by atoms with E-state index < -0.39 is 0 Å². The molecule has 3 aliphatic rings. The summed E-state index contributed by atoms with van der Waals surface area (Å²) in [7, 11) is 0. The van der Waals surface area contributed by atoms with Crippen molar-refractivity contribution in [2.24, 2.45) is 23.7 Å². The molecule has 0 aromatic rings. The lowest BCUT2D eigenvalue weighted by molar-refractivity contribution is 0.137. The molecule has 3 saturated carbocycles. The third-order valence-corrected chi connectivity index (χ3v) is 4.91. The standard InChI is InChI=1S/C13H23N/c1-2-3-14-13-8-10-4-9-5-11(6-10)12(13)7-9/h9-14H,2-8H2,1H3. The van der Waals surface area contributed by atoms with Gasteiger partial charge in [0.05, 0.1) is 0 Å². The first-order valence-corrected chi connectivity index (χ1v) is 6.60. The van der Waals surface area contributed by atoms with Gasteiger partial charge in [-0.15, -0.1) is 0 Å². The first kappa shape index (κ1) is 9.21. The van der Waals surface area contributed by atoms with Gasteiger partial charge in [0.1, 0.15) is 0 Å². The predicted octanol–water partition coefficient (Wildman–Crippen LogP) is 2.81. The van der Waals surface area contributed by atoms with Crippen LogP contribution in [0.1, 0.15) is 45.4 Å². The molecule has 14 heavy (non-hydrogen) atoms. The van der Waals surface area contributed by atoms with Crippen molar-refractivity contribution in [2.45, 2.75) is 51.5 Å². The lowest BCUT2D eigenvalue weighted by Crippen LogP contribution is -2.43. The van der Waals surface area contributed by atoms with Crippen molar-refractivity contribution >= 4 is 0 Å². The summed E-state index contributed by atoms with van der Waals surface area (Å²) < 4.78 is 0. The average Bonchev–Trinajstić information content (AvgIpc) is 2.40. The van der Waals surface area contributed by atoms with Gasteiger partial charge in [-0.3, -0.25) is 0 Å². The summed E-state index contributed by atoms with van der Waals surface area (Å²) in [5.74, 6) is 4.39. The number of hydrogen-bond acceptors (Lipinski definition) is 1. The molecular formula is C13H23N. The molecule has 3 aliphatic carbocycles. The third-order valence-electron chi connectivity index (χ3n) is 4.91. The second-order valence-electron chi connectivity index (χ2n) is 5.90. The molecular weight excluding hydrogens is 170 g/mol. The van der Waals surface area contributed by atoms with Crippen molar-refractivity contribution in [1.82, 2.24) is 5.32 Å². The monoisotopic (exact) mass is 193 g/mol. The number of nitrogens with one attached hydrogen (secondary N) is 1. The summed E-state index contributed by atoms with van der Waals surface area (Å²) in [6.07, 6.45) is 9.07. The fourth-order valence-electron chi connectivity index (χ4n) is 4.52. The van der Waals surface area contributed by atoms with Crippen LogP contribution in [0, 0.1) is 23.7 Å². The van der Waals surface area contributed by atoms with E-state index in [0.29, 0.717) is 0 Å². The highest BCUT2D eigenvalue weighted by molar-refractivity contribution is 5.01. The van der Waals surface area contributed by atoms with E-state index in [1.165, 1.54) is 19.4 Å². The number of fused-ring (bicyclic) bond motifs is 2. The smallest absolute Gasteiger partial charge is 0.0101 e. The van der Waals surface area contributed by atoms with Gasteiger partial charge in [0.2, 0.25) is 0 Å². The SMILES string of the molecule is CCCNC1CC2CC3CC(C2)C1C3. The zero-order valence-electron chi connectivity index (χ0n) is 9.34. The van der Waals surface area contributed by atoms with Crippen LogP contribution in [-0.4, -0.2) is 12.6 Å². The summed E-state index contributed by atoms with van der Waals surface area (Å²) in [6, 6.07) is 0.895. The largest absolute Gasteiger partial charge is 0.314 e. The van der Waals surface area contributed by atoms with Gasteiger partial charge >= 0.3 is 0 Å². The maximum atomic E-state index is 3.80. The molecule has 5 unspecified atom stereocenters. The summed E-state index contributed by atoms with van der Waals surface area (Å²) in [5.41, 5.74) is 0. The predicted molar refractivity (Wildman–Crippen MR) is 59.1 cm³/mol. The highest BCUT2D eigenvalue weighted by Gasteiger charge is 2.48. The summed E-state index contributed by atoms with van der Waals surface area (Å²) >= 11 is 0. The summed E-state index contributed by atoms with van der Waals surface area (Å²) in [4.78, 5) is 0. The molecule has 0 heterocycles. The van der Waals surface area contributed by atoms with E-state index in [4.69, 9.17) is 0 Å². The molecule has 0 radical (unpaired) electrons. The van der Waals surface area contributed by atoms with Gasteiger partial charge in [-0.05, 0) is 68.7 Å². The van der Waals surface area contributed by atoms with Crippen LogP contribution in [0.5, 0.6) is 0 Å². The second-order valence-corrected chi connectivity index (χ2v) is 5.90. The van der Waals surface area contributed by atoms with Crippen molar-refractivity contribution in [1.29, 1.82) is 0 Å². The van der Waals surface area contributed by atoms with Crippen molar-refractivity contribution in [2.75, 3.05) is 6.54 Å². The lowest BCUT2D eigenvalue weighted by atomic mass is 9.70. The van der Waals surface area contributed by atoms with Crippen molar-refractivity contribution in [3.63, 3.8) is 0 Å². The molecule has 3 bridgehead atoms. The lowest BCUT2D eigenvalue weighted by Gasteiger charge is -2.40. The topological polar surface area (TPSA) is 12.0 Å². The Labute approximate surface area is 87.7 Å². The first-order valence-electron chi connectivity index (χ1n) is 6.60. The van der Waals surface area contributed by atoms with Crippen molar-refractivity contribution in [3.8, 4) is 0 Å². The van der Waals surface area contributed by atoms with Crippen LogP contribution in [-0.2, 0) is 0 Å². The van der Waals surface area contributed by atoms with Gasteiger partial charge in [-0.25, -0.2) is 0 Å². The quantitative estimate of drug-likeness (QED) is 0.727. The van der Waals surface area contributed by atoms with Crippen molar-refractivity contribution in [3.05, 3.63) is 0 Å². The zero-order chi connectivity index (χ0) is 9.54. The van der Waals surface area contributed by atoms with E-state index in [1.54, 1.807) is 25.7 Å². The van der Waals surface area contributed by atoms with Gasteiger partial charge in [-0.1, -0.05) is 6.92 Å².